The lowest BCUT2D eigenvalue weighted by Crippen LogP contribution is -2.35. The van der Waals surface area contributed by atoms with E-state index < -0.39 is 15.9 Å². The van der Waals surface area contributed by atoms with Gasteiger partial charge >= 0.3 is 0 Å². The highest BCUT2D eigenvalue weighted by atomic mass is 32.2. The van der Waals surface area contributed by atoms with E-state index in [9.17, 15) is 18.0 Å². The number of hydrogen-bond acceptors (Lipinski definition) is 5. The lowest BCUT2D eigenvalue weighted by molar-refractivity contribution is -0.116. The molecule has 0 spiro atoms. The third-order valence-corrected chi connectivity index (χ3v) is 6.67. The summed E-state index contributed by atoms with van der Waals surface area (Å²) in [7, 11) is -0.683. The van der Waals surface area contributed by atoms with Crippen LogP contribution in [0.15, 0.2) is 53.4 Å². The van der Waals surface area contributed by atoms with Crippen molar-refractivity contribution in [2.75, 3.05) is 26.0 Å². The summed E-state index contributed by atoms with van der Waals surface area (Å²) in [4.78, 5) is 26.4. The molecule has 2 aromatic rings. The van der Waals surface area contributed by atoms with E-state index in [0.29, 0.717) is 11.4 Å². The lowest BCUT2D eigenvalue weighted by Gasteiger charge is -2.18. The van der Waals surface area contributed by atoms with Crippen molar-refractivity contribution in [2.24, 2.45) is 0 Å². The number of nitrogens with zero attached hydrogens (tertiary/aromatic N) is 1. The molecule has 1 aliphatic rings. The second kappa shape index (κ2) is 9.93. The molecule has 0 radical (unpaired) electrons. The molecular formula is C22H27N3O5S. The third-order valence-electron chi connectivity index (χ3n) is 5.15. The molecule has 166 valence electrons. The van der Waals surface area contributed by atoms with Crippen LogP contribution in [0.4, 0.5) is 5.69 Å². The molecule has 8 nitrogen and oxygen atoms in total. The van der Waals surface area contributed by atoms with Gasteiger partial charge in [0, 0.05) is 30.4 Å². The summed E-state index contributed by atoms with van der Waals surface area (Å²) in [5.74, 6) is -0.221. The monoisotopic (exact) mass is 445 g/mol. The lowest BCUT2D eigenvalue weighted by atomic mass is 10.2. The summed E-state index contributed by atoms with van der Waals surface area (Å²) in [6.45, 7) is -0.187. The Balaban J connectivity index is 1.64. The van der Waals surface area contributed by atoms with Gasteiger partial charge in [-0.2, -0.15) is 0 Å². The largest absolute Gasteiger partial charge is 0.497 e. The second-order valence-corrected chi connectivity index (χ2v) is 9.29. The number of likely N-dealkylation sites (N-methyl/N-ethyl adjacent to an activating group) is 1. The van der Waals surface area contributed by atoms with Crippen LogP contribution < -0.4 is 14.8 Å². The van der Waals surface area contributed by atoms with Crippen molar-refractivity contribution in [3.8, 4) is 5.75 Å². The van der Waals surface area contributed by atoms with Crippen molar-refractivity contribution in [1.29, 1.82) is 0 Å². The van der Waals surface area contributed by atoms with Gasteiger partial charge in [0.25, 0.3) is 5.91 Å². The van der Waals surface area contributed by atoms with E-state index >= 15 is 0 Å². The maximum atomic E-state index is 12.8. The Labute approximate surface area is 182 Å². The molecule has 0 unspecified atom stereocenters. The van der Waals surface area contributed by atoms with Crippen LogP contribution in [0.25, 0.3) is 0 Å². The second-order valence-electron chi connectivity index (χ2n) is 7.57. The van der Waals surface area contributed by atoms with Gasteiger partial charge < -0.3 is 15.0 Å². The van der Waals surface area contributed by atoms with Crippen LogP contribution in [0.2, 0.25) is 0 Å². The zero-order chi connectivity index (χ0) is 22.4. The number of sulfonamides is 1. The highest BCUT2D eigenvalue weighted by Crippen LogP contribution is 2.21. The molecule has 0 saturated heterocycles. The first-order valence-corrected chi connectivity index (χ1v) is 11.6. The Bertz CT molecular complexity index is 1050. The summed E-state index contributed by atoms with van der Waals surface area (Å²) in [5.41, 5.74) is 0.752. The van der Waals surface area contributed by atoms with Crippen molar-refractivity contribution in [3.63, 3.8) is 0 Å². The SMILES string of the molecule is COc1cccc(NC(=O)CN(C)C(=O)c2cccc(S(=O)(=O)NC3CCCC3)c2)c1. The zero-order valence-electron chi connectivity index (χ0n) is 17.6. The van der Waals surface area contributed by atoms with Gasteiger partial charge in [-0.15, -0.1) is 0 Å². The van der Waals surface area contributed by atoms with E-state index in [0.717, 1.165) is 25.7 Å². The van der Waals surface area contributed by atoms with Crippen molar-refractivity contribution in [1.82, 2.24) is 9.62 Å². The van der Waals surface area contributed by atoms with E-state index in [4.69, 9.17) is 4.74 Å². The molecule has 1 fully saturated rings. The van der Waals surface area contributed by atoms with Gasteiger partial charge in [0.1, 0.15) is 5.75 Å². The Morgan fingerprint density at radius 3 is 2.52 bits per heavy atom. The smallest absolute Gasteiger partial charge is 0.254 e. The number of amides is 2. The fourth-order valence-electron chi connectivity index (χ4n) is 3.54. The van der Waals surface area contributed by atoms with Crippen molar-refractivity contribution in [2.45, 2.75) is 36.6 Å². The average molecular weight is 446 g/mol. The minimum atomic E-state index is -3.71. The number of rotatable bonds is 8. The molecule has 0 aromatic heterocycles. The Hall–Kier alpha value is -2.91. The number of hydrogen-bond donors (Lipinski definition) is 2. The molecule has 2 N–H and O–H groups in total. The molecule has 9 heteroatoms. The molecule has 0 aliphatic heterocycles. The molecule has 0 bridgehead atoms. The molecule has 31 heavy (non-hydrogen) atoms. The van der Waals surface area contributed by atoms with E-state index in [-0.39, 0.29) is 29.0 Å². The molecule has 3 rings (SSSR count). The van der Waals surface area contributed by atoms with E-state index in [1.54, 1.807) is 24.3 Å². The number of carbonyl (C=O) groups is 2. The summed E-state index contributed by atoms with van der Waals surface area (Å²) in [6.07, 6.45) is 3.66. The van der Waals surface area contributed by atoms with Gasteiger partial charge in [-0.1, -0.05) is 25.0 Å². The fraction of sp³-hybridized carbons (Fsp3) is 0.364. The molecule has 2 aromatic carbocycles. The van der Waals surface area contributed by atoms with Crippen molar-refractivity contribution >= 4 is 27.5 Å². The van der Waals surface area contributed by atoms with E-state index in [2.05, 4.69) is 10.0 Å². The van der Waals surface area contributed by atoms with Gasteiger partial charge in [0.05, 0.1) is 18.6 Å². The Morgan fingerprint density at radius 1 is 1.10 bits per heavy atom. The summed E-state index contributed by atoms with van der Waals surface area (Å²) in [6, 6.07) is 12.7. The van der Waals surface area contributed by atoms with Gasteiger partial charge in [0.15, 0.2) is 0 Å². The Kier molecular flexibility index (Phi) is 7.29. The van der Waals surface area contributed by atoms with Gasteiger partial charge in [-0.3, -0.25) is 9.59 Å². The number of nitrogens with one attached hydrogen (secondary N) is 2. The zero-order valence-corrected chi connectivity index (χ0v) is 18.4. The molecule has 1 saturated carbocycles. The number of methoxy groups -OCH3 is 1. The number of anilines is 1. The van der Waals surface area contributed by atoms with Crippen molar-refractivity contribution in [3.05, 3.63) is 54.1 Å². The number of ether oxygens (including phenoxy) is 1. The maximum Gasteiger partial charge on any atom is 0.254 e. The molecule has 1 aliphatic carbocycles. The highest BCUT2D eigenvalue weighted by molar-refractivity contribution is 7.89. The first-order chi connectivity index (χ1) is 14.8. The molecular weight excluding hydrogens is 418 g/mol. The molecule has 2 amide bonds. The highest BCUT2D eigenvalue weighted by Gasteiger charge is 2.24. The van der Waals surface area contributed by atoms with E-state index in [1.807, 2.05) is 0 Å². The van der Waals surface area contributed by atoms with Gasteiger partial charge in [-0.05, 0) is 43.2 Å². The van der Waals surface area contributed by atoms with Gasteiger partial charge in [-0.25, -0.2) is 13.1 Å². The van der Waals surface area contributed by atoms with Crippen LogP contribution in [0.3, 0.4) is 0 Å². The normalized spacial score (nSPS) is 14.3. The topological polar surface area (TPSA) is 105 Å². The predicted molar refractivity (Wildman–Crippen MR) is 118 cm³/mol. The van der Waals surface area contributed by atoms with Crippen LogP contribution in [0, 0.1) is 0 Å². The quantitative estimate of drug-likeness (QED) is 0.650. The van der Waals surface area contributed by atoms with Crippen LogP contribution in [-0.2, 0) is 14.8 Å². The average Bonchev–Trinajstić information content (AvgIpc) is 3.25. The standard InChI is InChI=1S/C22H27N3O5S/c1-25(15-21(26)23-18-10-6-11-19(14-18)30-2)22(27)16-7-5-12-20(13-16)31(28,29)24-17-8-3-4-9-17/h5-7,10-14,17,24H,3-4,8-9,15H2,1-2H3,(H,23,26). The third kappa shape index (κ3) is 6.05. The minimum absolute atomic E-state index is 0.0412. The minimum Gasteiger partial charge on any atom is -0.497 e. The Morgan fingerprint density at radius 2 is 1.81 bits per heavy atom. The fourth-order valence-corrected chi connectivity index (χ4v) is 4.89. The maximum absolute atomic E-state index is 12.8. The van der Waals surface area contributed by atoms with E-state index in [1.165, 1.54) is 43.3 Å². The molecule has 0 heterocycles. The van der Waals surface area contributed by atoms with Crippen LogP contribution in [0.5, 0.6) is 5.75 Å². The van der Waals surface area contributed by atoms with Crippen LogP contribution in [-0.4, -0.2) is 51.9 Å². The number of carbonyl (C=O) groups excluding carboxylic acids is 2. The van der Waals surface area contributed by atoms with Crippen LogP contribution >= 0.6 is 0 Å². The van der Waals surface area contributed by atoms with Gasteiger partial charge in [0.2, 0.25) is 15.9 Å². The summed E-state index contributed by atoms with van der Waals surface area (Å²) < 4.78 is 33.1. The molecule has 0 atom stereocenters. The summed E-state index contributed by atoms with van der Waals surface area (Å²) in [5, 5.41) is 2.71. The van der Waals surface area contributed by atoms with Crippen molar-refractivity contribution < 1.29 is 22.7 Å². The predicted octanol–water partition coefficient (Wildman–Crippen LogP) is 2.63. The first kappa shape index (κ1) is 22.8. The number of benzene rings is 2. The summed E-state index contributed by atoms with van der Waals surface area (Å²) >= 11 is 0. The first-order valence-electron chi connectivity index (χ1n) is 10.1. The van der Waals surface area contributed by atoms with Crippen LogP contribution in [0.1, 0.15) is 36.0 Å².